The molecule has 2 rings (SSSR count). The molecule has 2 aromatic carbocycles. The molecule has 0 saturated carbocycles. The maximum Gasteiger partial charge on any atom is 0.240 e. The van der Waals surface area contributed by atoms with Gasteiger partial charge in [-0.2, -0.15) is 0 Å². The zero-order valence-corrected chi connectivity index (χ0v) is 12.3. The lowest BCUT2D eigenvalue weighted by Gasteiger charge is -2.24. The molecule has 0 bridgehead atoms. The van der Waals surface area contributed by atoms with Crippen molar-refractivity contribution in [3.8, 4) is 0 Å². The van der Waals surface area contributed by atoms with E-state index in [0.717, 1.165) is 11.1 Å². The van der Waals surface area contributed by atoms with Crippen LogP contribution >= 0.6 is 11.6 Å². The monoisotopic (exact) mass is 287 g/mol. The summed E-state index contributed by atoms with van der Waals surface area (Å²) in [6, 6.07) is 19.9. The average Bonchev–Trinajstić information content (AvgIpc) is 2.48. The first kappa shape index (κ1) is 14.6. The number of nitrogens with zero attached hydrogens (tertiary/aromatic N) is 1. The number of rotatable bonds is 5. The van der Waals surface area contributed by atoms with E-state index in [1.165, 1.54) is 0 Å². The molecule has 0 aliphatic carbocycles. The average molecular weight is 288 g/mol. The summed E-state index contributed by atoms with van der Waals surface area (Å²) in [6.45, 7) is 2.87. The Hall–Kier alpha value is -1.80. The molecule has 0 radical (unpaired) electrons. The van der Waals surface area contributed by atoms with E-state index in [-0.39, 0.29) is 5.91 Å². The van der Waals surface area contributed by atoms with E-state index in [1.54, 1.807) is 11.8 Å². The number of hydrogen-bond donors (Lipinski definition) is 0. The predicted molar refractivity (Wildman–Crippen MR) is 82.5 cm³/mol. The SMILES string of the molecule is C[C@H](Cl)C(=O)N(Cc1ccccc1)Cc1ccccc1. The molecule has 0 fully saturated rings. The molecule has 20 heavy (non-hydrogen) atoms. The normalized spacial score (nSPS) is 11.9. The Labute approximate surface area is 125 Å². The van der Waals surface area contributed by atoms with Crippen molar-refractivity contribution < 1.29 is 4.79 Å². The third kappa shape index (κ3) is 4.10. The third-order valence-corrected chi connectivity index (χ3v) is 3.27. The van der Waals surface area contributed by atoms with Gasteiger partial charge in [0.15, 0.2) is 0 Å². The number of halogens is 1. The smallest absolute Gasteiger partial charge is 0.240 e. The second kappa shape index (κ2) is 7.11. The van der Waals surface area contributed by atoms with Gasteiger partial charge in [0.05, 0.1) is 0 Å². The first-order chi connectivity index (χ1) is 9.66. The molecule has 0 aromatic heterocycles. The van der Waals surface area contributed by atoms with Crippen LogP contribution in [0.15, 0.2) is 60.7 Å². The van der Waals surface area contributed by atoms with Crippen LogP contribution in [-0.2, 0) is 17.9 Å². The molecule has 1 atom stereocenters. The van der Waals surface area contributed by atoms with E-state index in [9.17, 15) is 4.79 Å². The molecule has 0 N–H and O–H groups in total. The van der Waals surface area contributed by atoms with Crippen molar-refractivity contribution in [3.05, 3.63) is 71.8 Å². The van der Waals surface area contributed by atoms with Crippen LogP contribution in [0.25, 0.3) is 0 Å². The maximum atomic E-state index is 12.2. The summed E-state index contributed by atoms with van der Waals surface area (Å²) in [7, 11) is 0. The van der Waals surface area contributed by atoms with E-state index < -0.39 is 5.38 Å². The Balaban J connectivity index is 2.15. The summed E-state index contributed by atoms with van der Waals surface area (Å²) >= 11 is 5.96. The second-order valence-electron chi connectivity index (χ2n) is 4.78. The molecule has 0 saturated heterocycles. The van der Waals surface area contributed by atoms with Crippen LogP contribution in [0.4, 0.5) is 0 Å². The highest BCUT2D eigenvalue weighted by Crippen LogP contribution is 2.13. The van der Waals surface area contributed by atoms with Crippen molar-refractivity contribution >= 4 is 17.5 Å². The van der Waals surface area contributed by atoms with E-state index in [0.29, 0.717) is 13.1 Å². The molecular formula is C17H18ClNO. The number of carbonyl (C=O) groups excluding carboxylic acids is 1. The topological polar surface area (TPSA) is 20.3 Å². The first-order valence-electron chi connectivity index (χ1n) is 6.67. The summed E-state index contributed by atoms with van der Waals surface area (Å²) in [5.41, 5.74) is 2.21. The molecule has 2 nitrogen and oxygen atoms in total. The number of hydrogen-bond acceptors (Lipinski definition) is 1. The number of benzene rings is 2. The number of carbonyl (C=O) groups is 1. The van der Waals surface area contributed by atoms with Crippen molar-refractivity contribution in [1.29, 1.82) is 0 Å². The van der Waals surface area contributed by atoms with E-state index in [1.807, 2.05) is 60.7 Å². The van der Waals surface area contributed by atoms with Crippen LogP contribution in [0.2, 0.25) is 0 Å². The quantitative estimate of drug-likeness (QED) is 0.765. The lowest BCUT2D eigenvalue weighted by atomic mass is 10.1. The Morgan fingerprint density at radius 2 is 1.35 bits per heavy atom. The molecule has 3 heteroatoms. The van der Waals surface area contributed by atoms with Crippen LogP contribution in [0.1, 0.15) is 18.1 Å². The zero-order valence-electron chi connectivity index (χ0n) is 11.5. The fraction of sp³-hybridized carbons (Fsp3) is 0.235. The standard InChI is InChI=1S/C17H18ClNO/c1-14(18)17(20)19(12-15-8-4-2-5-9-15)13-16-10-6-3-7-11-16/h2-11,14H,12-13H2,1H3/t14-/m0/s1. The molecule has 0 spiro atoms. The van der Waals surface area contributed by atoms with Gasteiger partial charge in [-0.1, -0.05) is 60.7 Å². The van der Waals surface area contributed by atoms with Crippen molar-refractivity contribution in [1.82, 2.24) is 4.90 Å². The molecule has 0 unspecified atom stereocenters. The zero-order chi connectivity index (χ0) is 14.4. The van der Waals surface area contributed by atoms with Gasteiger partial charge in [-0.15, -0.1) is 11.6 Å². The Bertz CT molecular complexity index is 498. The largest absolute Gasteiger partial charge is 0.333 e. The van der Waals surface area contributed by atoms with Crippen LogP contribution in [0, 0.1) is 0 Å². The van der Waals surface area contributed by atoms with Crippen LogP contribution in [0.3, 0.4) is 0 Å². The minimum atomic E-state index is -0.512. The van der Waals surface area contributed by atoms with Crippen molar-refractivity contribution in [2.45, 2.75) is 25.4 Å². The Morgan fingerprint density at radius 3 is 1.70 bits per heavy atom. The van der Waals surface area contributed by atoms with Crippen molar-refractivity contribution in [2.24, 2.45) is 0 Å². The van der Waals surface area contributed by atoms with E-state index in [2.05, 4.69) is 0 Å². The van der Waals surface area contributed by atoms with Gasteiger partial charge in [0.2, 0.25) is 5.91 Å². The van der Waals surface area contributed by atoms with Gasteiger partial charge in [-0.3, -0.25) is 4.79 Å². The molecule has 0 aliphatic heterocycles. The fourth-order valence-electron chi connectivity index (χ4n) is 2.07. The van der Waals surface area contributed by atoms with Crippen LogP contribution in [0.5, 0.6) is 0 Å². The van der Waals surface area contributed by atoms with Gasteiger partial charge in [-0.05, 0) is 18.1 Å². The van der Waals surface area contributed by atoms with Gasteiger partial charge in [-0.25, -0.2) is 0 Å². The Morgan fingerprint density at radius 1 is 0.950 bits per heavy atom. The maximum absolute atomic E-state index is 12.2. The fourth-order valence-corrected chi connectivity index (χ4v) is 2.21. The number of amides is 1. The summed E-state index contributed by atoms with van der Waals surface area (Å²) in [5.74, 6) is -0.0422. The van der Waals surface area contributed by atoms with Gasteiger partial charge >= 0.3 is 0 Å². The minimum absolute atomic E-state index is 0.0422. The molecular weight excluding hydrogens is 270 g/mol. The first-order valence-corrected chi connectivity index (χ1v) is 7.11. The highest BCUT2D eigenvalue weighted by atomic mass is 35.5. The number of alkyl halides is 1. The second-order valence-corrected chi connectivity index (χ2v) is 5.44. The van der Waals surface area contributed by atoms with Crippen molar-refractivity contribution in [3.63, 3.8) is 0 Å². The van der Waals surface area contributed by atoms with Gasteiger partial charge in [0, 0.05) is 13.1 Å². The molecule has 104 valence electrons. The minimum Gasteiger partial charge on any atom is -0.333 e. The summed E-state index contributed by atoms with van der Waals surface area (Å²) < 4.78 is 0. The summed E-state index contributed by atoms with van der Waals surface area (Å²) in [6.07, 6.45) is 0. The molecule has 0 heterocycles. The third-order valence-electron chi connectivity index (χ3n) is 3.08. The lowest BCUT2D eigenvalue weighted by molar-refractivity contribution is -0.131. The van der Waals surface area contributed by atoms with E-state index >= 15 is 0 Å². The van der Waals surface area contributed by atoms with Gasteiger partial charge in [0.1, 0.15) is 5.38 Å². The highest BCUT2D eigenvalue weighted by molar-refractivity contribution is 6.30. The molecule has 0 aliphatic rings. The lowest BCUT2D eigenvalue weighted by Crippen LogP contribution is -2.34. The Kier molecular flexibility index (Phi) is 5.19. The van der Waals surface area contributed by atoms with Crippen molar-refractivity contribution in [2.75, 3.05) is 0 Å². The van der Waals surface area contributed by atoms with E-state index in [4.69, 9.17) is 11.6 Å². The van der Waals surface area contributed by atoms with Crippen LogP contribution < -0.4 is 0 Å². The van der Waals surface area contributed by atoms with Gasteiger partial charge < -0.3 is 4.90 Å². The summed E-state index contributed by atoms with van der Waals surface area (Å²) in [4.78, 5) is 14.0. The summed E-state index contributed by atoms with van der Waals surface area (Å²) in [5, 5.41) is -0.512. The molecule has 1 amide bonds. The highest BCUT2D eigenvalue weighted by Gasteiger charge is 2.19. The predicted octanol–water partition coefficient (Wildman–Crippen LogP) is 3.84. The molecule has 2 aromatic rings. The van der Waals surface area contributed by atoms with Gasteiger partial charge in [0.25, 0.3) is 0 Å². The van der Waals surface area contributed by atoms with Crippen LogP contribution in [-0.4, -0.2) is 16.2 Å².